The Morgan fingerprint density at radius 2 is 1.88 bits per heavy atom. The van der Waals surface area contributed by atoms with Gasteiger partial charge in [-0.1, -0.05) is 41.6 Å². The van der Waals surface area contributed by atoms with E-state index in [0.717, 1.165) is 31.5 Å². The Labute approximate surface area is 142 Å². The summed E-state index contributed by atoms with van der Waals surface area (Å²) in [7, 11) is 0. The summed E-state index contributed by atoms with van der Waals surface area (Å²) in [6.45, 7) is 3.02. The van der Waals surface area contributed by atoms with Crippen molar-refractivity contribution in [2.24, 2.45) is 0 Å². The van der Waals surface area contributed by atoms with E-state index < -0.39 is 0 Å². The van der Waals surface area contributed by atoms with Gasteiger partial charge in [0.15, 0.2) is 0 Å². The Bertz CT molecular complexity index is 727. The molecule has 5 nitrogen and oxygen atoms in total. The maximum absolute atomic E-state index is 5.29. The van der Waals surface area contributed by atoms with E-state index in [1.54, 1.807) is 6.20 Å². The summed E-state index contributed by atoms with van der Waals surface area (Å²) in [4.78, 5) is 8.61. The van der Waals surface area contributed by atoms with E-state index >= 15 is 0 Å². The second-order valence-corrected chi connectivity index (χ2v) is 5.86. The molecule has 0 amide bonds. The van der Waals surface area contributed by atoms with Crippen molar-refractivity contribution in [1.29, 1.82) is 0 Å². The number of hydrogen-bond acceptors (Lipinski definition) is 5. The van der Waals surface area contributed by atoms with Gasteiger partial charge in [0.1, 0.15) is 5.69 Å². The summed E-state index contributed by atoms with van der Waals surface area (Å²) < 4.78 is 5.29. The van der Waals surface area contributed by atoms with Crippen LogP contribution in [0.5, 0.6) is 0 Å². The molecule has 0 aliphatic carbocycles. The van der Waals surface area contributed by atoms with Crippen LogP contribution in [0.4, 0.5) is 0 Å². The maximum Gasteiger partial charge on any atom is 0.228 e. The lowest BCUT2D eigenvalue weighted by Gasteiger charge is -2.12. The third-order valence-corrected chi connectivity index (χ3v) is 3.90. The van der Waals surface area contributed by atoms with Gasteiger partial charge in [0.2, 0.25) is 11.7 Å². The van der Waals surface area contributed by atoms with Gasteiger partial charge < -0.3 is 9.84 Å². The molecule has 1 aromatic carbocycles. The molecule has 0 bridgehead atoms. The van der Waals surface area contributed by atoms with Crippen molar-refractivity contribution in [1.82, 2.24) is 20.4 Å². The highest BCUT2D eigenvalue weighted by molar-refractivity contribution is 5.46. The van der Waals surface area contributed by atoms with Gasteiger partial charge in [0.05, 0.1) is 0 Å². The van der Waals surface area contributed by atoms with Crippen molar-refractivity contribution in [2.75, 3.05) is 6.54 Å². The number of nitrogens with one attached hydrogen (secondary N) is 1. The quantitative estimate of drug-likeness (QED) is 0.689. The zero-order chi connectivity index (χ0) is 16.6. The first-order chi connectivity index (χ1) is 11.8. The monoisotopic (exact) mass is 322 g/mol. The van der Waals surface area contributed by atoms with E-state index in [4.69, 9.17) is 4.52 Å². The normalized spacial score (nSPS) is 12.2. The number of rotatable bonds is 8. The maximum atomic E-state index is 5.29. The van der Waals surface area contributed by atoms with Crippen molar-refractivity contribution < 1.29 is 4.52 Å². The minimum atomic E-state index is 0.448. The average molecular weight is 322 g/mol. The molecular weight excluding hydrogens is 300 g/mol. The molecule has 2 aromatic heterocycles. The molecule has 24 heavy (non-hydrogen) atoms. The van der Waals surface area contributed by atoms with Crippen LogP contribution in [-0.2, 0) is 12.8 Å². The molecule has 0 spiro atoms. The highest BCUT2D eigenvalue weighted by atomic mass is 16.5. The molecule has 1 N–H and O–H groups in total. The van der Waals surface area contributed by atoms with E-state index in [-0.39, 0.29) is 0 Å². The number of pyridine rings is 1. The number of nitrogens with zero attached hydrogens (tertiary/aromatic N) is 3. The topological polar surface area (TPSA) is 63.8 Å². The molecule has 0 unspecified atom stereocenters. The van der Waals surface area contributed by atoms with Crippen LogP contribution >= 0.6 is 0 Å². The zero-order valence-electron chi connectivity index (χ0n) is 13.9. The van der Waals surface area contributed by atoms with E-state index in [9.17, 15) is 0 Å². The second kappa shape index (κ2) is 8.36. The zero-order valence-corrected chi connectivity index (χ0v) is 13.9. The van der Waals surface area contributed by atoms with E-state index in [1.165, 1.54) is 5.56 Å². The standard InChI is InChI=1S/C19H22N4O/c1-15(10-11-16-7-3-2-4-8-16)20-14-12-18-22-19(23-24-18)17-9-5-6-13-21-17/h2-9,13,15,20H,10-12,14H2,1H3/t15-/m1/s1. The van der Waals surface area contributed by atoms with E-state index in [1.807, 2.05) is 18.2 Å². The molecule has 5 heteroatoms. The van der Waals surface area contributed by atoms with E-state index in [0.29, 0.717) is 17.8 Å². The predicted molar refractivity (Wildman–Crippen MR) is 93.5 cm³/mol. The van der Waals surface area contributed by atoms with Crippen LogP contribution in [0.1, 0.15) is 24.8 Å². The van der Waals surface area contributed by atoms with Crippen LogP contribution in [-0.4, -0.2) is 27.7 Å². The second-order valence-electron chi connectivity index (χ2n) is 5.86. The average Bonchev–Trinajstić information content (AvgIpc) is 3.11. The van der Waals surface area contributed by atoms with Gasteiger partial charge in [-0.05, 0) is 37.5 Å². The molecule has 124 valence electrons. The van der Waals surface area contributed by atoms with Crippen LogP contribution < -0.4 is 5.32 Å². The van der Waals surface area contributed by atoms with Gasteiger partial charge in [0.25, 0.3) is 0 Å². The summed E-state index contributed by atoms with van der Waals surface area (Å²) in [5.41, 5.74) is 2.11. The summed E-state index contributed by atoms with van der Waals surface area (Å²) in [5, 5.41) is 7.49. The minimum absolute atomic E-state index is 0.448. The first-order valence-electron chi connectivity index (χ1n) is 8.32. The summed E-state index contributed by atoms with van der Waals surface area (Å²) in [5.74, 6) is 1.18. The fourth-order valence-electron chi connectivity index (χ4n) is 2.51. The molecular formula is C19H22N4O. The minimum Gasteiger partial charge on any atom is -0.339 e. The van der Waals surface area contributed by atoms with Crippen LogP contribution in [0.25, 0.3) is 11.5 Å². The van der Waals surface area contributed by atoms with Gasteiger partial charge in [-0.15, -0.1) is 0 Å². The van der Waals surface area contributed by atoms with Gasteiger partial charge in [-0.2, -0.15) is 4.98 Å². The summed E-state index contributed by atoms with van der Waals surface area (Å²) in [6, 6.07) is 16.7. The van der Waals surface area contributed by atoms with Crippen molar-refractivity contribution in [2.45, 2.75) is 32.2 Å². The number of aryl methyl sites for hydroxylation is 1. The van der Waals surface area contributed by atoms with Crippen LogP contribution in [0.2, 0.25) is 0 Å². The number of hydrogen-bond donors (Lipinski definition) is 1. The molecule has 0 aliphatic heterocycles. The van der Waals surface area contributed by atoms with Crippen LogP contribution in [0.3, 0.4) is 0 Å². The Kier molecular flexibility index (Phi) is 5.69. The van der Waals surface area contributed by atoms with Gasteiger partial charge in [0, 0.05) is 25.2 Å². The lowest BCUT2D eigenvalue weighted by atomic mass is 10.1. The fourth-order valence-corrected chi connectivity index (χ4v) is 2.51. The third-order valence-electron chi connectivity index (χ3n) is 3.90. The Balaban J connectivity index is 1.41. The predicted octanol–water partition coefficient (Wildman–Crippen LogP) is 3.29. The highest BCUT2D eigenvalue weighted by Gasteiger charge is 2.09. The summed E-state index contributed by atoms with van der Waals surface area (Å²) >= 11 is 0. The molecule has 3 rings (SSSR count). The van der Waals surface area contributed by atoms with Crippen molar-refractivity contribution in [3.8, 4) is 11.5 Å². The molecule has 0 saturated carbocycles. The number of aromatic nitrogens is 3. The van der Waals surface area contributed by atoms with Gasteiger partial charge >= 0.3 is 0 Å². The molecule has 3 aromatic rings. The van der Waals surface area contributed by atoms with Crippen molar-refractivity contribution in [3.05, 3.63) is 66.2 Å². The Morgan fingerprint density at radius 1 is 1.04 bits per heavy atom. The summed E-state index contributed by atoms with van der Waals surface area (Å²) in [6.07, 6.45) is 4.63. The van der Waals surface area contributed by atoms with Gasteiger partial charge in [-0.25, -0.2) is 0 Å². The van der Waals surface area contributed by atoms with Gasteiger partial charge in [-0.3, -0.25) is 4.98 Å². The first-order valence-corrected chi connectivity index (χ1v) is 8.32. The highest BCUT2D eigenvalue weighted by Crippen LogP contribution is 2.12. The smallest absolute Gasteiger partial charge is 0.228 e. The lowest BCUT2D eigenvalue weighted by molar-refractivity contribution is 0.372. The largest absolute Gasteiger partial charge is 0.339 e. The van der Waals surface area contributed by atoms with E-state index in [2.05, 4.69) is 57.7 Å². The lowest BCUT2D eigenvalue weighted by Crippen LogP contribution is -2.28. The molecule has 0 fully saturated rings. The van der Waals surface area contributed by atoms with Crippen LogP contribution in [0, 0.1) is 0 Å². The molecule has 0 saturated heterocycles. The molecule has 2 heterocycles. The molecule has 0 aliphatic rings. The SMILES string of the molecule is C[C@H](CCc1ccccc1)NCCc1nc(-c2ccccn2)no1. The molecule has 0 radical (unpaired) electrons. The first kappa shape index (κ1) is 16.3. The Hall–Kier alpha value is -2.53. The van der Waals surface area contributed by atoms with Crippen molar-refractivity contribution >= 4 is 0 Å². The number of benzene rings is 1. The molecule has 1 atom stereocenters. The third kappa shape index (κ3) is 4.73. The Morgan fingerprint density at radius 3 is 2.67 bits per heavy atom. The van der Waals surface area contributed by atoms with Crippen LogP contribution in [0.15, 0.2) is 59.3 Å². The van der Waals surface area contributed by atoms with Crippen molar-refractivity contribution in [3.63, 3.8) is 0 Å². The fraction of sp³-hybridized carbons (Fsp3) is 0.316.